The highest BCUT2D eigenvalue weighted by molar-refractivity contribution is 6.00. The molecule has 0 N–H and O–H groups in total. The third-order valence-electron chi connectivity index (χ3n) is 3.34. The van der Waals surface area contributed by atoms with Crippen molar-refractivity contribution < 1.29 is 23.9 Å². The normalized spacial score (nSPS) is 11.2. The number of aldehydes is 1. The molecule has 0 bridgehead atoms. The first-order valence-electron chi connectivity index (χ1n) is 7.10. The van der Waals surface area contributed by atoms with Crippen LogP contribution in [0.4, 0.5) is 0 Å². The maximum absolute atomic E-state index is 12.2. The molecule has 0 aliphatic heterocycles. The van der Waals surface area contributed by atoms with Crippen molar-refractivity contribution in [2.24, 2.45) is 5.41 Å². The second kappa shape index (κ2) is 10.6. The van der Waals surface area contributed by atoms with Crippen LogP contribution in [0.25, 0.3) is 0 Å². The smallest absolute Gasteiger partial charge is 0.323 e. The lowest BCUT2D eigenvalue weighted by atomic mass is 9.80. The fourth-order valence-corrected chi connectivity index (χ4v) is 1.98. The van der Waals surface area contributed by atoms with Crippen molar-refractivity contribution in [2.75, 3.05) is 14.2 Å². The van der Waals surface area contributed by atoms with Gasteiger partial charge in [-0.1, -0.05) is 11.6 Å². The molecule has 5 heteroatoms. The lowest BCUT2D eigenvalue weighted by Crippen LogP contribution is -2.40. The van der Waals surface area contributed by atoms with E-state index in [1.165, 1.54) is 14.2 Å². The Labute approximate surface area is 131 Å². The molecule has 0 heterocycles. The summed E-state index contributed by atoms with van der Waals surface area (Å²) in [5.41, 5.74) is 2.35. The first-order valence-corrected chi connectivity index (χ1v) is 7.10. The highest BCUT2D eigenvalue weighted by atomic mass is 16.5. The van der Waals surface area contributed by atoms with Crippen LogP contribution in [0.3, 0.4) is 0 Å². The molecule has 0 rings (SSSR count). The maximum Gasteiger partial charge on any atom is 0.323 e. The zero-order valence-corrected chi connectivity index (χ0v) is 13.7. The molecule has 0 aromatic heterocycles. The van der Waals surface area contributed by atoms with Gasteiger partial charge in [0.05, 0.1) is 14.2 Å². The Kier molecular flexibility index (Phi) is 9.55. The van der Waals surface area contributed by atoms with Crippen LogP contribution in [0.15, 0.2) is 29.5 Å². The van der Waals surface area contributed by atoms with Crippen molar-refractivity contribution in [2.45, 2.75) is 39.5 Å². The number of rotatable bonds is 9. The van der Waals surface area contributed by atoms with E-state index >= 15 is 0 Å². The van der Waals surface area contributed by atoms with Crippen molar-refractivity contribution >= 4 is 18.2 Å². The SMILES string of the molecule is CC=C=CCC(C/C=C(\C)CCC=O)(C(=O)OC)C(=O)OC. The van der Waals surface area contributed by atoms with Gasteiger partial charge in [-0.05, 0) is 45.3 Å². The summed E-state index contributed by atoms with van der Waals surface area (Å²) in [5.74, 6) is -1.29. The molecule has 0 aromatic carbocycles. The van der Waals surface area contributed by atoms with Gasteiger partial charge in [-0.3, -0.25) is 9.59 Å². The van der Waals surface area contributed by atoms with Crippen molar-refractivity contribution in [3.05, 3.63) is 29.5 Å². The molecule has 122 valence electrons. The van der Waals surface area contributed by atoms with Crippen molar-refractivity contribution in [3.63, 3.8) is 0 Å². The molecular weight excluding hydrogens is 284 g/mol. The third-order valence-corrected chi connectivity index (χ3v) is 3.34. The Bertz CT molecular complexity index is 465. The predicted molar refractivity (Wildman–Crippen MR) is 83.1 cm³/mol. The van der Waals surface area contributed by atoms with Gasteiger partial charge in [0.2, 0.25) is 0 Å². The second-order valence-corrected chi connectivity index (χ2v) is 4.89. The number of hydrogen-bond donors (Lipinski definition) is 0. The molecule has 0 amide bonds. The zero-order valence-electron chi connectivity index (χ0n) is 13.7. The number of carbonyl (C=O) groups excluding carboxylic acids is 3. The van der Waals surface area contributed by atoms with Crippen molar-refractivity contribution in [1.29, 1.82) is 0 Å². The van der Waals surface area contributed by atoms with E-state index in [2.05, 4.69) is 5.73 Å². The summed E-state index contributed by atoms with van der Waals surface area (Å²) >= 11 is 0. The number of ether oxygens (including phenoxy) is 2. The average Bonchev–Trinajstić information content (AvgIpc) is 2.54. The molecule has 22 heavy (non-hydrogen) atoms. The lowest BCUT2D eigenvalue weighted by molar-refractivity contribution is -0.168. The number of allylic oxidation sites excluding steroid dienone is 3. The summed E-state index contributed by atoms with van der Waals surface area (Å²) in [6, 6.07) is 0. The summed E-state index contributed by atoms with van der Waals surface area (Å²) in [6.45, 7) is 3.64. The van der Waals surface area contributed by atoms with Gasteiger partial charge in [0.25, 0.3) is 0 Å². The highest BCUT2D eigenvalue weighted by Crippen LogP contribution is 2.32. The predicted octanol–water partition coefficient (Wildman–Crippen LogP) is 2.76. The van der Waals surface area contributed by atoms with Gasteiger partial charge >= 0.3 is 11.9 Å². The maximum atomic E-state index is 12.2. The van der Waals surface area contributed by atoms with Crippen LogP contribution in [0, 0.1) is 5.41 Å². The van der Waals surface area contributed by atoms with E-state index in [4.69, 9.17) is 9.47 Å². The molecule has 0 unspecified atom stereocenters. The number of hydrogen-bond acceptors (Lipinski definition) is 5. The van der Waals surface area contributed by atoms with Gasteiger partial charge in [-0.25, -0.2) is 0 Å². The Morgan fingerprint density at radius 2 is 1.73 bits per heavy atom. The first kappa shape index (κ1) is 19.9. The summed E-state index contributed by atoms with van der Waals surface area (Å²) in [6.07, 6.45) is 7.19. The van der Waals surface area contributed by atoms with Crippen molar-refractivity contribution in [1.82, 2.24) is 0 Å². The molecule has 5 nitrogen and oxygen atoms in total. The van der Waals surface area contributed by atoms with Crippen LogP contribution in [0.2, 0.25) is 0 Å². The van der Waals surface area contributed by atoms with Crippen molar-refractivity contribution in [3.8, 4) is 0 Å². The first-order chi connectivity index (χ1) is 10.5. The highest BCUT2D eigenvalue weighted by Gasteiger charge is 2.46. The fraction of sp³-hybridized carbons (Fsp3) is 0.529. The number of methoxy groups -OCH3 is 2. The van der Waals surface area contributed by atoms with Crippen LogP contribution in [0.5, 0.6) is 0 Å². The summed E-state index contributed by atoms with van der Waals surface area (Å²) in [7, 11) is 2.48. The molecule has 0 fully saturated rings. The average molecular weight is 308 g/mol. The van der Waals surface area contributed by atoms with E-state index in [1.54, 1.807) is 25.2 Å². The largest absolute Gasteiger partial charge is 0.468 e. The minimum absolute atomic E-state index is 0.133. The van der Waals surface area contributed by atoms with Gasteiger partial charge in [0, 0.05) is 6.42 Å². The van der Waals surface area contributed by atoms with Crippen LogP contribution in [-0.4, -0.2) is 32.4 Å². The van der Waals surface area contributed by atoms with E-state index in [9.17, 15) is 14.4 Å². The minimum atomic E-state index is -1.43. The standard InChI is InChI=1S/C17H24O5/c1-5-6-7-11-17(15(19)21-3,16(20)22-4)12-10-14(2)9-8-13-18/h5,7,10,13H,8-9,11-12H2,1-4H3/b14-10+. The molecule has 0 atom stereocenters. The molecular formula is C17H24O5. The molecule has 0 aliphatic rings. The molecule has 0 saturated carbocycles. The van der Waals surface area contributed by atoms with Crippen LogP contribution < -0.4 is 0 Å². The van der Waals surface area contributed by atoms with Crippen LogP contribution in [-0.2, 0) is 23.9 Å². The Morgan fingerprint density at radius 3 is 2.18 bits per heavy atom. The molecule has 0 saturated heterocycles. The number of esters is 2. The molecule has 0 radical (unpaired) electrons. The van der Waals surface area contributed by atoms with E-state index < -0.39 is 17.4 Å². The molecule has 0 spiro atoms. The molecule has 0 aromatic rings. The fourth-order valence-electron chi connectivity index (χ4n) is 1.98. The van der Waals surface area contributed by atoms with Gasteiger partial charge in [0.15, 0.2) is 5.41 Å². The van der Waals surface area contributed by atoms with Crippen LogP contribution >= 0.6 is 0 Å². The zero-order chi connectivity index (χ0) is 17.0. The summed E-state index contributed by atoms with van der Waals surface area (Å²) < 4.78 is 9.60. The molecule has 0 aliphatic carbocycles. The monoisotopic (exact) mass is 308 g/mol. The Morgan fingerprint density at radius 1 is 1.14 bits per heavy atom. The van der Waals surface area contributed by atoms with Gasteiger partial charge in [-0.15, -0.1) is 5.73 Å². The Balaban J connectivity index is 5.52. The van der Waals surface area contributed by atoms with E-state index in [0.717, 1.165) is 11.9 Å². The van der Waals surface area contributed by atoms with E-state index in [-0.39, 0.29) is 12.8 Å². The van der Waals surface area contributed by atoms with E-state index in [0.29, 0.717) is 12.8 Å². The third kappa shape index (κ3) is 5.70. The quantitative estimate of drug-likeness (QED) is 0.215. The van der Waals surface area contributed by atoms with Gasteiger partial charge in [-0.2, -0.15) is 0 Å². The second-order valence-electron chi connectivity index (χ2n) is 4.89. The lowest BCUT2D eigenvalue weighted by Gasteiger charge is -2.25. The van der Waals surface area contributed by atoms with E-state index in [1.807, 2.05) is 6.92 Å². The summed E-state index contributed by atoms with van der Waals surface area (Å²) in [5, 5.41) is 0. The minimum Gasteiger partial charge on any atom is -0.468 e. The van der Waals surface area contributed by atoms with Crippen LogP contribution in [0.1, 0.15) is 39.5 Å². The van der Waals surface area contributed by atoms with Gasteiger partial charge in [0.1, 0.15) is 6.29 Å². The van der Waals surface area contributed by atoms with Gasteiger partial charge < -0.3 is 14.3 Å². The topological polar surface area (TPSA) is 69.7 Å². The Hall–Kier alpha value is -2.13. The summed E-state index contributed by atoms with van der Waals surface area (Å²) in [4.78, 5) is 34.8. The number of carbonyl (C=O) groups is 3.